The van der Waals surface area contributed by atoms with Crippen LogP contribution < -0.4 is 0 Å². The third-order valence-electron chi connectivity index (χ3n) is 3.87. The van der Waals surface area contributed by atoms with Gasteiger partial charge in [0.1, 0.15) is 0 Å². The van der Waals surface area contributed by atoms with Gasteiger partial charge >= 0.3 is 0 Å². The standard InChI is InChI=1S/C15H32S2.C10H22S2/c1-13(2,3)9-15(11-16-7,12-17-8)10-14(4,5)6;1-9(2,3)11-7-8-12-10(4,5)6/h9-12H2,1-8H3;7-8H2,1-6H3. The van der Waals surface area contributed by atoms with Crippen molar-refractivity contribution in [3.05, 3.63) is 0 Å². The van der Waals surface area contributed by atoms with Crippen LogP contribution in [0.5, 0.6) is 0 Å². The zero-order chi connectivity index (χ0) is 23.6. The highest BCUT2D eigenvalue weighted by Crippen LogP contribution is 2.45. The Kier molecular flexibility index (Phi) is 15.5. The third kappa shape index (κ3) is 23.9. The summed E-state index contributed by atoms with van der Waals surface area (Å²) in [7, 11) is 0. The van der Waals surface area contributed by atoms with Crippen LogP contribution in [-0.2, 0) is 0 Å². The Bertz CT molecular complexity index is 363. The summed E-state index contributed by atoms with van der Waals surface area (Å²) >= 11 is 8.14. The van der Waals surface area contributed by atoms with Crippen LogP contribution in [0.4, 0.5) is 0 Å². The van der Waals surface area contributed by atoms with Crippen LogP contribution in [0, 0.1) is 16.2 Å². The van der Waals surface area contributed by atoms with Gasteiger partial charge in [0.25, 0.3) is 0 Å². The zero-order valence-electron chi connectivity index (χ0n) is 22.4. The molecule has 0 atom stereocenters. The van der Waals surface area contributed by atoms with Gasteiger partial charge in [0.2, 0.25) is 0 Å². The SMILES string of the molecule is CC(C)(C)SCCSC(C)(C)C.CSCC(CSC)(CC(C)(C)C)CC(C)(C)C. The van der Waals surface area contributed by atoms with Crippen LogP contribution >= 0.6 is 47.0 Å². The highest BCUT2D eigenvalue weighted by molar-refractivity contribution is 8.04. The van der Waals surface area contributed by atoms with Gasteiger partial charge in [-0.1, -0.05) is 83.1 Å². The maximum atomic E-state index is 2.38. The Labute approximate surface area is 203 Å². The number of thioether (sulfide) groups is 4. The molecule has 0 saturated heterocycles. The average Bonchev–Trinajstić information content (AvgIpc) is 2.39. The lowest BCUT2D eigenvalue weighted by Crippen LogP contribution is -2.36. The lowest BCUT2D eigenvalue weighted by atomic mass is 9.68. The van der Waals surface area contributed by atoms with Crippen LogP contribution in [0.3, 0.4) is 0 Å². The number of hydrogen-bond donors (Lipinski definition) is 0. The van der Waals surface area contributed by atoms with Gasteiger partial charge in [-0.25, -0.2) is 0 Å². The lowest BCUT2D eigenvalue weighted by molar-refractivity contribution is 0.152. The van der Waals surface area contributed by atoms with Gasteiger partial charge in [0, 0.05) is 21.0 Å². The van der Waals surface area contributed by atoms with Gasteiger partial charge in [-0.2, -0.15) is 47.0 Å². The van der Waals surface area contributed by atoms with Gasteiger partial charge in [-0.15, -0.1) is 0 Å². The first-order valence-electron chi connectivity index (χ1n) is 11.0. The third-order valence-corrected chi connectivity index (χ3v) is 8.47. The van der Waals surface area contributed by atoms with Crippen LogP contribution in [-0.4, -0.2) is 45.0 Å². The molecule has 0 heterocycles. The second kappa shape index (κ2) is 13.8. The van der Waals surface area contributed by atoms with Gasteiger partial charge in [0.15, 0.2) is 0 Å². The molecule has 0 nitrogen and oxygen atoms in total. The molecule has 0 aromatic heterocycles. The summed E-state index contributed by atoms with van der Waals surface area (Å²) in [5.41, 5.74) is 1.35. The predicted octanol–water partition coefficient (Wildman–Crippen LogP) is 9.62. The fourth-order valence-electron chi connectivity index (χ4n) is 3.87. The van der Waals surface area contributed by atoms with Crippen molar-refractivity contribution in [1.29, 1.82) is 0 Å². The number of hydrogen-bond acceptors (Lipinski definition) is 4. The molecule has 0 aliphatic heterocycles. The molecular weight excluding hydrogens is 429 g/mol. The molecule has 4 heteroatoms. The van der Waals surface area contributed by atoms with Crippen molar-refractivity contribution in [2.24, 2.45) is 16.2 Å². The van der Waals surface area contributed by atoms with E-state index in [0.717, 1.165) is 0 Å². The summed E-state index contributed by atoms with van der Waals surface area (Å²) in [5.74, 6) is 5.13. The maximum absolute atomic E-state index is 2.38. The molecule has 0 fully saturated rings. The molecule has 0 amide bonds. The molecule has 0 N–H and O–H groups in total. The summed E-state index contributed by atoms with van der Waals surface area (Å²) in [4.78, 5) is 0. The first kappa shape index (κ1) is 32.6. The normalized spacial score (nSPS) is 13.9. The second-order valence-corrected chi connectivity index (χ2v) is 18.3. The molecule has 0 unspecified atom stereocenters. The van der Waals surface area contributed by atoms with Crippen molar-refractivity contribution in [3.63, 3.8) is 0 Å². The van der Waals surface area contributed by atoms with Crippen LogP contribution in [0.25, 0.3) is 0 Å². The molecule has 0 spiro atoms. The van der Waals surface area contributed by atoms with Crippen LogP contribution in [0.2, 0.25) is 0 Å². The van der Waals surface area contributed by atoms with E-state index in [9.17, 15) is 0 Å². The smallest absolute Gasteiger partial charge is 0.00753 e. The van der Waals surface area contributed by atoms with E-state index in [2.05, 4.69) is 119 Å². The zero-order valence-corrected chi connectivity index (χ0v) is 25.6. The molecule has 0 rings (SSSR count). The fraction of sp³-hybridized carbons (Fsp3) is 1.00. The van der Waals surface area contributed by atoms with E-state index in [0.29, 0.717) is 25.7 Å². The monoisotopic (exact) mass is 482 g/mol. The molecular formula is C25H54S4. The first-order valence-corrected chi connectivity index (χ1v) is 15.8. The Morgan fingerprint density at radius 1 is 0.483 bits per heavy atom. The molecule has 0 saturated carbocycles. The molecule has 0 aromatic rings. The largest absolute Gasteiger partial charge is 0.165 e. The quantitative estimate of drug-likeness (QED) is 0.300. The predicted molar refractivity (Wildman–Crippen MR) is 152 cm³/mol. The van der Waals surface area contributed by atoms with Crippen molar-refractivity contribution in [3.8, 4) is 0 Å². The van der Waals surface area contributed by atoms with Gasteiger partial charge < -0.3 is 0 Å². The molecule has 0 bridgehead atoms. The number of rotatable bonds is 9. The van der Waals surface area contributed by atoms with E-state index in [-0.39, 0.29) is 0 Å². The average molecular weight is 483 g/mol. The molecule has 178 valence electrons. The van der Waals surface area contributed by atoms with Crippen LogP contribution in [0.15, 0.2) is 0 Å². The first-order chi connectivity index (χ1) is 12.7. The summed E-state index contributed by atoms with van der Waals surface area (Å²) in [5, 5.41) is 0. The van der Waals surface area contributed by atoms with Crippen molar-refractivity contribution >= 4 is 47.0 Å². The molecule has 0 radical (unpaired) electrons. The molecule has 0 aliphatic rings. The minimum absolute atomic E-state index is 0.427. The fourth-order valence-corrected chi connectivity index (χ4v) is 7.72. The van der Waals surface area contributed by atoms with Crippen molar-refractivity contribution in [2.45, 2.75) is 105 Å². The Morgan fingerprint density at radius 3 is 0.931 bits per heavy atom. The topological polar surface area (TPSA) is 0 Å². The highest BCUT2D eigenvalue weighted by Gasteiger charge is 2.37. The van der Waals surface area contributed by atoms with Crippen molar-refractivity contribution < 1.29 is 0 Å². The second-order valence-electron chi connectivity index (χ2n) is 12.8. The van der Waals surface area contributed by atoms with E-state index in [1.54, 1.807) is 0 Å². The van der Waals surface area contributed by atoms with Gasteiger partial charge in [-0.3, -0.25) is 0 Å². The van der Waals surface area contributed by atoms with Crippen molar-refractivity contribution in [1.82, 2.24) is 0 Å². The molecule has 29 heavy (non-hydrogen) atoms. The van der Waals surface area contributed by atoms with E-state index < -0.39 is 0 Å². The minimum atomic E-state index is 0.427. The van der Waals surface area contributed by atoms with Gasteiger partial charge in [0.05, 0.1) is 0 Å². The van der Waals surface area contributed by atoms with Crippen LogP contribution in [0.1, 0.15) is 95.9 Å². The van der Waals surface area contributed by atoms with Crippen molar-refractivity contribution in [2.75, 3.05) is 35.5 Å². The Balaban J connectivity index is 0. The highest BCUT2D eigenvalue weighted by atomic mass is 32.2. The minimum Gasteiger partial charge on any atom is -0.165 e. The van der Waals surface area contributed by atoms with E-state index >= 15 is 0 Å². The summed E-state index contributed by atoms with van der Waals surface area (Å²) in [6.07, 6.45) is 7.17. The lowest BCUT2D eigenvalue weighted by Gasteiger charge is -2.42. The van der Waals surface area contributed by atoms with E-state index in [4.69, 9.17) is 0 Å². The van der Waals surface area contributed by atoms with E-state index in [1.807, 2.05) is 23.5 Å². The molecule has 0 aromatic carbocycles. The maximum Gasteiger partial charge on any atom is 0.00753 e. The summed E-state index contributed by atoms with van der Waals surface area (Å²) in [6, 6.07) is 0. The van der Waals surface area contributed by atoms with Gasteiger partial charge in [-0.05, 0) is 53.1 Å². The molecule has 0 aliphatic carbocycles. The Hall–Kier alpha value is 1.40. The summed E-state index contributed by atoms with van der Waals surface area (Å²) < 4.78 is 0.858. The summed E-state index contributed by atoms with van der Waals surface area (Å²) in [6.45, 7) is 27.9. The van der Waals surface area contributed by atoms with E-state index in [1.165, 1.54) is 35.9 Å². The Morgan fingerprint density at radius 2 is 0.759 bits per heavy atom.